The highest BCUT2D eigenvalue weighted by Crippen LogP contribution is 2.37. The summed E-state index contributed by atoms with van der Waals surface area (Å²) in [4.78, 5) is 22.4. The molecule has 2 fully saturated rings. The normalized spacial score (nSPS) is 21.6. The zero-order valence-corrected chi connectivity index (χ0v) is 15.2. The monoisotopic (exact) mass is 360 g/mol. The lowest BCUT2D eigenvalue weighted by atomic mass is 10.0. The van der Waals surface area contributed by atoms with Crippen LogP contribution in [0.1, 0.15) is 12.6 Å². The number of nitriles is 1. The topological polar surface area (TPSA) is 86.8 Å². The van der Waals surface area contributed by atoms with E-state index in [1.807, 2.05) is 23.0 Å². The number of aryl methyl sites for hydroxylation is 1. The van der Waals surface area contributed by atoms with E-state index in [1.165, 1.54) is 0 Å². The summed E-state index contributed by atoms with van der Waals surface area (Å²) >= 11 is 0. The first-order valence-corrected chi connectivity index (χ1v) is 9.29. The van der Waals surface area contributed by atoms with Gasteiger partial charge in [-0.05, 0) is 19.1 Å². The van der Waals surface area contributed by atoms with Crippen LogP contribution in [0, 0.1) is 23.2 Å². The highest BCUT2D eigenvalue weighted by Gasteiger charge is 2.41. The molecule has 0 amide bonds. The maximum atomic E-state index is 9.32. The molecule has 2 saturated heterocycles. The van der Waals surface area contributed by atoms with E-state index in [1.54, 1.807) is 12.5 Å². The molecule has 0 N–H and O–H groups in total. The third-order valence-electron chi connectivity index (χ3n) is 5.74. The van der Waals surface area contributed by atoms with Crippen LogP contribution in [0.4, 0.5) is 11.5 Å². The molecule has 0 aromatic carbocycles. The number of nitrogens with zero attached hydrogens (tertiary/aromatic N) is 8. The van der Waals surface area contributed by atoms with E-state index in [9.17, 15) is 5.26 Å². The average Bonchev–Trinajstić information content (AvgIpc) is 3.40. The van der Waals surface area contributed by atoms with Crippen LogP contribution in [0.25, 0.3) is 11.2 Å². The summed E-state index contributed by atoms with van der Waals surface area (Å²) < 4.78 is 2.05. The van der Waals surface area contributed by atoms with E-state index >= 15 is 0 Å². The third-order valence-corrected chi connectivity index (χ3v) is 5.74. The van der Waals surface area contributed by atoms with Crippen molar-refractivity contribution in [3.05, 3.63) is 36.7 Å². The molecule has 136 valence electrons. The minimum Gasteiger partial charge on any atom is -0.368 e. The van der Waals surface area contributed by atoms with Gasteiger partial charge in [0.05, 0.1) is 12.0 Å². The molecule has 5 heterocycles. The van der Waals surface area contributed by atoms with Crippen molar-refractivity contribution < 1.29 is 0 Å². The van der Waals surface area contributed by atoms with E-state index in [4.69, 9.17) is 0 Å². The number of aromatic nitrogens is 5. The molecule has 8 heteroatoms. The average molecular weight is 360 g/mol. The molecule has 0 aliphatic carbocycles. The largest absolute Gasteiger partial charge is 0.368 e. The fraction of sp³-hybridized carbons (Fsp3) is 0.421. The number of hydrogen-bond acceptors (Lipinski definition) is 7. The maximum absolute atomic E-state index is 9.32. The molecule has 0 radical (unpaired) electrons. The van der Waals surface area contributed by atoms with Crippen molar-refractivity contribution in [3.63, 3.8) is 0 Å². The molecule has 3 aromatic rings. The number of imidazole rings is 1. The van der Waals surface area contributed by atoms with Gasteiger partial charge in [0, 0.05) is 50.8 Å². The molecule has 2 aliphatic heterocycles. The fourth-order valence-electron chi connectivity index (χ4n) is 4.43. The summed E-state index contributed by atoms with van der Waals surface area (Å²) in [6.45, 7) is 6.73. The highest BCUT2D eigenvalue weighted by molar-refractivity contribution is 5.83. The molecule has 0 spiro atoms. The summed E-state index contributed by atoms with van der Waals surface area (Å²) in [5.41, 5.74) is 3.24. The molecule has 2 atom stereocenters. The third kappa shape index (κ3) is 2.50. The molecule has 5 rings (SSSR count). The van der Waals surface area contributed by atoms with Gasteiger partial charge >= 0.3 is 0 Å². The van der Waals surface area contributed by atoms with Crippen molar-refractivity contribution >= 4 is 22.7 Å². The molecule has 3 aromatic heterocycles. The highest BCUT2D eigenvalue weighted by atomic mass is 15.3. The van der Waals surface area contributed by atoms with Crippen LogP contribution in [-0.4, -0.2) is 50.7 Å². The van der Waals surface area contributed by atoms with Crippen molar-refractivity contribution in [3.8, 4) is 6.07 Å². The van der Waals surface area contributed by atoms with E-state index in [-0.39, 0.29) is 0 Å². The molecular weight excluding hydrogens is 340 g/mol. The predicted octanol–water partition coefficient (Wildman–Crippen LogP) is 1.69. The minimum atomic E-state index is 0.511. The van der Waals surface area contributed by atoms with Gasteiger partial charge in [-0.2, -0.15) is 5.26 Å². The Kier molecular flexibility index (Phi) is 3.67. The second-order valence-electron chi connectivity index (χ2n) is 7.21. The lowest BCUT2D eigenvalue weighted by Gasteiger charge is -2.24. The van der Waals surface area contributed by atoms with E-state index in [0.717, 1.165) is 55.4 Å². The Bertz CT molecular complexity index is 1020. The van der Waals surface area contributed by atoms with Crippen LogP contribution in [-0.2, 0) is 6.54 Å². The Balaban J connectivity index is 1.38. The summed E-state index contributed by atoms with van der Waals surface area (Å²) in [5.74, 6) is 2.04. The molecule has 2 aliphatic rings. The van der Waals surface area contributed by atoms with Gasteiger partial charge in [-0.3, -0.25) is 0 Å². The van der Waals surface area contributed by atoms with Gasteiger partial charge in [0.1, 0.15) is 12.4 Å². The van der Waals surface area contributed by atoms with Crippen molar-refractivity contribution in [1.82, 2.24) is 24.5 Å². The van der Waals surface area contributed by atoms with Crippen molar-refractivity contribution in [1.29, 1.82) is 5.26 Å². The van der Waals surface area contributed by atoms with Gasteiger partial charge in [0.2, 0.25) is 0 Å². The van der Waals surface area contributed by atoms with Crippen LogP contribution >= 0.6 is 0 Å². The first-order chi connectivity index (χ1) is 13.3. The Morgan fingerprint density at radius 1 is 1.07 bits per heavy atom. The molecule has 2 unspecified atom stereocenters. The van der Waals surface area contributed by atoms with E-state index < -0.39 is 0 Å². The number of anilines is 2. The Labute approximate surface area is 157 Å². The second kappa shape index (κ2) is 6.20. The van der Waals surface area contributed by atoms with E-state index in [2.05, 4.69) is 42.7 Å². The second-order valence-corrected chi connectivity index (χ2v) is 7.21. The molecule has 8 nitrogen and oxygen atoms in total. The molecule has 27 heavy (non-hydrogen) atoms. The van der Waals surface area contributed by atoms with Gasteiger partial charge in [0.15, 0.2) is 22.7 Å². The first-order valence-electron chi connectivity index (χ1n) is 9.29. The number of pyridine rings is 1. The van der Waals surface area contributed by atoms with Crippen molar-refractivity contribution in [2.24, 2.45) is 11.8 Å². The van der Waals surface area contributed by atoms with Crippen molar-refractivity contribution in [2.45, 2.75) is 13.5 Å². The molecule has 0 saturated carbocycles. The minimum absolute atomic E-state index is 0.511. The zero-order chi connectivity index (χ0) is 18.4. The van der Waals surface area contributed by atoms with Gasteiger partial charge < -0.3 is 14.4 Å². The van der Waals surface area contributed by atoms with Crippen LogP contribution in [0.5, 0.6) is 0 Å². The van der Waals surface area contributed by atoms with Crippen LogP contribution in [0.15, 0.2) is 31.0 Å². The number of rotatable bonds is 3. The molecular formula is C19H20N8. The summed E-state index contributed by atoms with van der Waals surface area (Å²) in [7, 11) is 0. The quantitative estimate of drug-likeness (QED) is 0.702. The smallest absolute Gasteiger partial charge is 0.165 e. The van der Waals surface area contributed by atoms with Gasteiger partial charge in [-0.15, -0.1) is 0 Å². The standard InChI is InChI=1S/C19H20N8/c1-2-25-12-24-17-18(25)22-11-23-19(17)27-9-13-7-26(8-14(13)10-27)16-4-3-5-21-15(16)6-20/h3-5,11-14H,2,7-10H2,1H3. The van der Waals surface area contributed by atoms with Gasteiger partial charge in [0.25, 0.3) is 0 Å². The van der Waals surface area contributed by atoms with Crippen LogP contribution < -0.4 is 9.80 Å². The summed E-state index contributed by atoms with van der Waals surface area (Å²) in [6.07, 6.45) is 5.16. The first kappa shape index (κ1) is 16.0. The number of fused-ring (bicyclic) bond motifs is 2. The Morgan fingerprint density at radius 2 is 1.85 bits per heavy atom. The lowest BCUT2D eigenvalue weighted by molar-refractivity contribution is 0.533. The van der Waals surface area contributed by atoms with Crippen LogP contribution in [0.3, 0.4) is 0 Å². The zero-order valence-electron chi connectivity index (χ0n) is 15.2. The summed E-state index contributed by atoms with van der Waals surface area (Å²) in [5, 5.41) is 9.32. The van der Waals surface area contributed by atoms with Gasteiger partial charge in [-0.25, -0.2) is 19.9 Å². The van der Waals surface area contributed by atoms with Crippen LogP contribution in [0.2, 0.25) is 0 Å². The Morgan fingerprint density at radius 3 is 2.59 bits per heavy atom. The van der Waals surface area contributed by atoms with E-state index in [0.29, 0.717) is 17.5 Å². The Hall–Kier alpha value is -3.21. The summed E-state index contributed by atoms with van der Waals surface area (Å²) in [6, 6.07) is 6.11. The predicted molar refractivity (Wildman–Crippen MR) is 101 cm³/mol. The molecule has 0 bridgehead atoms. The maximum Gasteiger partial charge on any atom is 0.165 e. The SMILES string of the molecule is CCn1cnc2c(N3CC4CN(c5cccnc5C#N)CC4C3)ncnc21. The number of hydrogen-bond donors (Lipinski definition) is 0. The van der Waals surface area contributed by atoms with Gasteiger partial charge in [-0.1, -0.05) is 0 Å². The fourth-order valence-corrected chi connectivity index (χ4v) is 4.43. The van der Waals surface area contributed by atoms with Crippen molar-refractivity contribution in [2.75, 3.05) is 36.0 Å². The lowest BCUT2D eigenvalue weighted by Crippen LogP contribution is -2.29.